The molecule has 1 amide bonds. The van der Waals surface area contributed by atoms with Gasteiger partial charge >= 0.3 is 0 Å². The van der Waals surface area contributed by atoms with Gasteiger partial charge in [0.2, 0.25) is 5.91 Å². The molecule has 3 aliphatic rings. The van der Waals surface area contributed by atoms with Crippen LogP contribution in [0.2, 0.25) is 0 Å². The predicted molar refractivity (Wildman–Crippen MR) is 136 cm³/mol. The second-order valence-corrected chi connectivity index (χ2v) is 10.7. The van der Waals surface area contributed by atoms with Crippen molar-refractivity contribution in [3.8, 4) is 0 Å². The smallest absolute Gasteiger partial charge is 0.234 e. The third-order valence-corrected chi connectivity index (χ3v) is 8.33. The molecule has 0 bridgehead atoms. The number of thioether (sulfide) groups is 1. The van der Waals surface area contributed by atoms with E-state index in [0.717, 1.165) is 87.0 Å². The number of aromatic nitrogens is 1. The molecule has 2 aromatic rings. The predicted octanol–water partition coefficient (Wildman–Crippen LogP) is 3.52. The van der Waals surface area contributed by atoms with Gasteiger partial charge in [-0.15, -0.1) is 11.8 Å². The number of amides is 1. The third-order valence-electron chi connectivity index (χ3n) is 7.18. The molecule has 8 heteroatoms. The summed E-state index contributed by atoms with van der Waals surface area (Å²) in [5.41, 5.74) is 10.3. The van der Waals surface area contributed by atoms with Crippen LogP contribution in [0.5, 0.6) is 0 Å². The Morgan fingerprint density at radius 2 is 2.15 bits per heavy atom. The summed E-state index contributed by atoms with van der Waals surface area (Å²) in [7, 11) is 0. The zero-order chi connectivity index (χ0) is 22.8. The van der Waals surface area contributed by atoms with Crippen LogP contribution in [-0.4, -0.2) is 71.5 Å². The van der Waals surface area contributed by atoms with Crippen LogP contribution in [-0.2, 0) is 9.53 Å². The lowest BCUT2D eigenvalue weighted by Gasteiger charge is -2.23. The van der Waals surface area contributed by atoms with Crippen LogP contribution >= 0.6 is 11.8 Å². The van der Waals surface area contributed by atoms with Gasteiger partial charge < -0.3 is 20.8 Å². The molecule has 2 atom stereocenters. The van der Waals surface area contributed by atoms with Gasteiger partial charge in [-0.25, -0.2) is 0 Å². The maximum atomic E-state index is 11.7. The van der Waals surface area contributed by atoms with Crippen molar-refractivity contribution < 1.29 is 9.53 Å². The van der Waals surface area contributed by atoms with E-state index >= 15 is 0 Å². The number of primary amides is 1. The van der Waals surface area contributed by atoms with Crippen LogP contribution in [0.25, 0.3) is 10.9 Å². The summed E-state index contributed by atoms with van der Waals surface area (Å²) < 4.78 is 5.50. The summed E-state index contributed by atoms with van der Waals surface area (Å²) in [5.74, 6) is 1.48. The number of carbonyl (C=O) groups is 1. The van der Waals surface area contributed by atoms with E-state index in [1.54, 1.807) is 0 Å². The number of likely N-dealkylation sites (tertiary alicyclic amines) is 1. The number of rotatable bonds is 8. The van der Waals surface area contributed by atoms with Gasteiger partial charge in [0.05, 0.1) is 29.0 Å². The molecular formula is C25H35N5O2S. The summed E-state index contributed by atoms with van der Waals surface area (Å²) in [6, 6.07) is 6.91. The molecule has 178 valence electrons. The summed E-state index contributed by atoms with van der Waals surface area (Å²) in [4.78, 5) is 22.6. The molecule has 4 N–H and O–H groups in total. The number of fused-ring (bicyclic) bond motifs is 1. The summed E-state index contributed by atoms with van der Waals surface area (Å²) in [5, 5.41) is 6.02. The molecule has 1 aromatic heterocycles. The van der Waals surface area contributed by atoms with E-state index < -0.39 is 0 Å². The Kier molecular flexibility index (Phi) is 6.94. The molecule has 2 fully saturated rings. The largest absolute Gasteiger partial charge is 0.383 e. The van der Waals surface area contributed by atoms with Crippen molar-refractivity contribution >= 4 is 39.3 Å². The summed E-state index contributed by atoms with van der Waals surface area (Å²) in [6.45, 7) is 6.75. The van der Waals surface area contributed by atoms with Crippen molar-refractivity contribution in [1.29, 1.82) is 0 Å². The molecule has 0 aliphatic carbocycles. The van der Waals surface area contributed by atoms with Crippen molar-refractivity contribution in [3.63, 3.8) is 0 Å². The third kappa shape index (κ3) is 5.23. The molecule has 5 rings (SSSR count). The fraction of sp³-hybridized carbons (Fsp3) is 0.600. The van der Waals surface area contributed by atoms with Crippen LogP contribution in [0.15, 0.2) is 23.2 Å². The first-order valence-corrected chi connectivity index (χ1v) is 13.2. The lowest BCUT2D eigenvalue weighted by atomic mass is 10.0. The lowest BCUT2D eigenvalue weighted by molar-refractivity contribution is -0.122. The van der Waals surface area contributed by atoms with E-state index in [0.29, 0.717) is 12.0 Å². The Labute approximate surface area is 199 Å². The van der Waals surface area contributed by atoms with Gasteiger partial charge in [0.15, 0.2) is 0 Å². The number of carbonyl (C=O) groups excluding carboxylic acids is 1. The minimum atomic E-state index is -0.188. The highest BCUT2D eigenvalue weighted by atomic mass is 32.2. The van der Waals surface area contributed by atoms with Crippen molar-refractivity contribution in [1.82, 2.24) is 9.88 Å². The molecule has 0 spiro atoms. The molecule has 3 aliphatic heterocycles. The van der Waals surface area contributed by atoms with Crippen LogP contribution in [0.1, 0.15) is 43.4 Å². The average molecular weight is 470 g/mol. The highest BCUT2D eigenvalue weighted by molar-refractivity contribution is 8.14. The van der Waals surface area contributed by atoms with Gasteiger partial charge in [-0.1, -0.05) is 0 Å². The Morgan fingerprint density at radius 1 is 1.30 bits per heavy atom. The first-order chi connectivity index (χ1) is 16.1. The molecule has 2 saturated heterocycles. The van der Waals surface area contributed by atoms with Crippen molar-refractivity contribution in [2.45, 2.75) is 51.1 Å². The number of benzene rings is 1. The Morgan fingerprint density at radius 3 is 2.97 bits per heavy atom. The Balaban J connectivity index is 1.26. The van der Waals surface area contributed by atoms with E-state index in [4.69, 9.17) is 15.5 Å². The first kappa shape index (κ1) is 22.7. The summed E-state index contributed by atoms with van der Waals surface area (Å²) >= 11 is 1.83. The van der Waals surface area contributed by atoms with E-state index in [1.165, 1.54) is 16.6 Å². The second kappa shape index (κ2) is 10.1. The number of aryl methyl sites for hydroxylation is 1. The number of aliphatic imine (C=N–C) groups is 1. The molecule has 0 radical (unpaired) electrons. The van der Waals surface area contributed by atoms with Crippen molar-refractivity contribution in [3.05, 3.63) is 29.5 Å². The van der Waals surface area contributed by atoms with Crippen molar-refractivity contribution in [2.75, 3.05) is 43.9 Å². The fourth-order valence-electron chi connectivity index (χ4n) is 5.29. The van der Waals surface area contributed by atoms with Crippen LogP contribution < -0.4 is 11.1 Å². The van der Waals surface area contributed by atoms with Crippen LogP contribution in [0.3, 0.4) is 0 Å². The molecule has 4 heterocycles. The number of aromatic amines is 1. The molecule has 1 unspecified atom stereocenters. The van der Waals surface area contributed by atoms with Gasteiger partial charge in [-0.2, -0.15) is 0 Å². The average Bonchev–Trinajstić information content (AvgIpc) is 3.55. The summed E-state index contributed by atoms with van der Waals surface area (Å²) in [6.07, 6.45) is 5.18. The number of H-pyrrole nitrogens is 1. The molecule has 33 heavy (non-hydrogen) atoms. The van der Waals surface area contributed by atoms with Gasteiger partial charge in [0.25, 0.3) is 0 Å². The minimum absolute atomic E-state index is 0.0912. The Hall–Kier alpha value is -2.03. The first-order valence-electron chi connectivity index (χ1n) is 12.3. The maximum absolute atomic E-state index is 11.7. The highest BCUT2D eigenvalue weighted by Gasteiger charge is 2.30. The molecule has 7 nitrogen and oxygen atoms in total. The second-order valence-electron chi connectivity index (χ2n) is 9.68. The number of anilines is 1. The lowest BCUT2D eigenvalue weighted by Crippen LogP contribution is -2.41. The highest BCUT2D eigenvalue weighted by Crippen LogP contribution is 2.31. The topological polar surface area (TPSA) is 95.7 Å². The zero-order valence-electron chi connectivity index (χ0n) is 19.4. The zero-order valence-corrected chi connectivity index (χ0v) is 20.3. The SMILES string of the molecule is Cc1cc(NCC2CCOCC2)c2[nH]c(C3=N[C@@H](CCN4CCCC4C(N)=O)CS3)cc2c1. The van der Waals surface area contributed by atoms with Gasteiger partial charge in [0.1, 0.15) is 5.04 Å². The monoisotopic (exact) mass is 469 g/mol. The fourth-order valence-corrected chi connectivity index (χ4v) is 6.38. The minimum Gasteiger partial charge on any atom is -0.383 e. The number of nitrogens with zero attached hydrogens (tertiary/aromatic N) is 2. The number of hydrogen-bond donors (Lipinski definition) is 3. The van der Waals surface area contributed by atoms with Crippen LogP contribution in [0.4, 0.5) is 5.69 Å². The number of hydrogen-bond acceptors (Lipinski definition) is 6. The number of nitrogens with two attached hydrogens (primary N) is 1. The molecular weight excluding hydrogens is 434 g/mol. The van der Waals surface area contributed by atoms with Crippen molar-refractivity contribution in [2.24, 2.45) is 16.6 Å². The van der Waals surface area contributed by atoms with E-state index in [2.05, 4.69) is 40.3 Å². The van der Waals surface area contributed by atoms with E-state index in [1.807, 2.05) is 11.8 Å². The number of nitrogens with one attached hydrogen (secondary N) is 2. The molecule has 1 aromatic carbocycles. The molecule has 0 saturated carbocycles. The quantitative estimate of drug-likeness (QED) is 0.550. The van der Waals surface area contributed by atoms with E-state index in [-0.39, 0.29) is 11.9 Å². The van der Waals surface area contributed by atoms with Gasteiger partial charge in [-0.05, 0) is 75.3 Å². The standard InChI is InChI=1S/C25H35N5O2S/c1-16-11-18-13-21(29-23(18)20(12-16)27-14-17-5-9-32-10-6-17)25-28-19(15-33-25)4-8-30-7-2-3-22(30)24(26)31/h11-13,17,19,22,27,29H,2-10,14-15H2,1H3,(H2,26,31)/t19-,22?/m0/s1. The Bertz CT molecular complexity index is 1030. The van der Waals surface area contributed by atoms with Gasteiger partial charge in [0, 0.05) is 37.4 Å². The van der Waals surface area contributed by atoms with Gasteiger partial charge in [-0.3, -0.25) is 14.7 Å². The van der Waals surface area contributed by atoms with E-state index in [9.17, 15) is 4.79 Å². The maximum Gasteiger partial charge on any atom is 0.234 e. The normalized spacial score (nSPS) is 24.5. The van der Waals surface area contributed by atoms with Crippen LogP contribution in [0, 0.1) is 12.8 Å². The number of ether oxygens (including phenoxy) is 1.